The predicted octanol–water partition coefficient (Wildman–Crippen LogP) is 2.54. The average molecular weight is 252 g/mol. The first kappa shape index (κ1) is 14.5. The number of carboxylic acid groups (broad SMARTS) is 1. The maximum absolute atomic E-state index is 11.0. The van der Waals surface area contributed by atoms with Crippen LogP contribution in [0.1, 0.15) is 38.0 Å². The van der Waals surface area contributed by atoms with Crippen molar-refractivity contribution < 1.29 is 19.7 Å². The van der Waals surface area contributed by atoms with Gasteiger partial charge in [0.05, 0.1) is 11.5 Å². The maximum atomic E-state index is 11.0. The van der Waals surface area contributed by atoms with Gasteiger partial charge in [0.25, 0.3) is 0 Å². The number of carboxylic acids is 1. The van der Waals surface area contributed by atoms with Crippen molar-refractivity contribution in [2.24, 2.45) is 5.41 Å². The monoisotopic (exact) mass is 252 g/mol. The van der Waals surface area contributed by atoms with Crippen LogP contribution in [-0.4, -0.2) is 22.8 Å². The number of aliphatic hydroxyl groups is 1. The second-order valence-electron chi connectivity index (χ2n) is 5.19. The Labute approximate surface area is 107 Å². The van der Waals surface area contributed by atoms with Gasteiger partial charge in [-0.15, -0.1) is 0 Å². The zero-order chi connectivity index (χ0) is 13.9. The van der Waals surface area contributed by atoms with E-state index in [9.17, 15) is 9.90 Å². The molecule has 0 saturated carbocycles. The second-order valence-corrected chi connectivity index (χ2v) is 5.19. The summed E-state index contributed by atoms with van der Waals surface area (Å²) in [5.41, 5.74) is 0.712. The molecule has 4 nitrogen and oxygen atoms in total. The third-order valence-electron chi connectivity index (χ3n) is 2.79. The van der Waals surface area contributed by atoms with Crippen LogP contribution in [-0.2, 0) is 4.79 Å². The Hall–Kier alpha value is -1.55. The quantitative estimate of drug-likeness (QED) is 0.845. The van der Waals surface area contributed by atoms with Gasteiger partial charge >= 0.3 is 5.97 Å². The highest BCUT2D eigenvalue weighted by atomic mass is 16.5. The molecular weight excluding hydrogens is 232 g/mol. The Morgan fingerprint density at radius 1 is 1.44 bits per heavy atom. The highest BCUT2D eigenvalue weighted by molar-refractivity contribution is 5.73. The lowest BCUT2D eigenvalue weighted by Gasteiger charge is -2.21. The number of ether oxygens (including phenoxy) is 1. The van der Waals surface area contributed by atoms with E-state index in [1.165, 1.54) is 0 Å². The number of benzene rings is 1. The number of aliphatic carboxylic acids is 1. The van der Waals surface area contributed by atoms with Crippen LogP contribution in [0.15, 0.2) is 18.2 Å². The van der Waals surface area contributed by atoms with Gasteiger partial charge in [0, 0.05) is 5.56 Å². The van der Waals surface area contributed by atoms with Crippen LogP contribution < -0.4 is 4.74 Å². The molecule has 0 saturated heterocycles. The molecule has 1 atom stereocenters. The molecule has 1 aromatic rings. The molecule has 0 bridgehead atoms. The van der Waals surface area contributed by atoms with Crippen LogP contribution in [0.5, 0.6) is 5.75 Å². The van der Waals surface area contributed by atoms with E-state index in [1.54, 1.807) is 32.9 Å². The van der Waals surface area contributed by atoms with Crippen molar-refractivity contribution in [1.29, 1.82) is 0 Å². The number of aliphatic hydroxyl groups excluding tert-OH is 1. The van der Waals surface area contributed by atoms with Crippen LogP contribution in [0.3, 0.4) is 0 Å². The van der Waals surface area contributed by atoms with Crippen LogP contribution in [0.2, 0.25) is 0 Å². The van der Waals surface area contributed by atoms with Gasteiger partial charge in [-0.25, -0.2) is 0 Å². The molecule has 0 radical (unpaired) electrons. The number of aryl methyl sites for hydroxylation is 1. The maximum Gasteiger partial charge on any atom is 0.312 e. The molecule has 18 heavy (non-hydrogen) atoms. The van der Waals surface area contributed by atoms with Gasteiger partial charge in [0.2, 0.25) is 0 Å². The molecule has 0 spiro atoms. The number of carbonyl (C=O) groups is 1. The Balaban J connectivity index is 2.90. The molecular formula is C14H20O4. The summed E-state index contributed by atoms with van der Waals surface area (Å²) in [6.45, 7) is 6.84. The van der Waals surface area contributed by atoms with E-state index in [1.807, 2.05) is 13.0 Å². The van der Waals surface area contributed by atoms with Gasteiger partial charge in [-0.3, -0.25) is 4.79 Å². The summed E-state index contributed by atoms with van der Waals surface area (Å²) in [6.07, 6.45) is -0.645. The SMILES string of the molecule is Cc1ccc([C@@H](C)O)c(OCC(C)(C)C(=O)O)c1. The highest BCUT2D eigenvalue weighted by Gasteiger charge is 2.28. The number of rotatable bonds is 5. The summed E-state index contributed by atoms with van der Waals surface area (Å²) in [5, 5.41) is 18.7. The fourth-order valence-electron chi connectivity index (χ4n) is 1.43. The molecule has 0 unspecified atom stereocenters. The summed E-state index contributed by atoms with van der Waals surface area (Å²) in [4.78, 5) is 11.0. The predicted molar refractivity (Wildman–Crippen MR) is 68.7 cm³/mol. The zero-order valence-corrected chi connectivity index (χ0v) is 11.2. The first-order valence-corrected chi connectivity index (χ1v) is 5.89. The first-order valence-electron chi connectivity index (χ1n) is 5.89. The molecule has 0 aromatic heterocycles. The zero-order valence-electron chi connectivity index (χ0n) is 11.2. The Morgan fingerprint density at radius 3 is 2.56 bits per heavy atom. The van der Waals surface area contributed by atoms with Gasteiger partial charge < -0.3 is 14.9 Å². The molecule has 0 aliphatic heterocycles. The smallest absolute Gasteiger partial charge is 0.312 e. The number of hydrogen-bond donors (Lipinski definition) is 2. The van der Waals surface area contributed by atoms with Crippen molar-refractivity contribution in [2.75, 3.05) is 6.61 Å². The van der Waals surface area contributed by atoms with E-state index in [-0.39, 0.29) is 6.61 Å². The summed E-state index contributed by atoms with van der Waals surface area (Å²) in [5.74, 6) is -0.368. The van der Waals surface area contributed by atoms with Gasteiger partial charge in [0.1, 0.15) is 12.4 Å². The summed E-state index contributed by atoms with van der Waals surface area (Å²) in [7, 11) is 0. The van der Waals surface area contributed by atoms with E-state index in [0.717, 1.165) is 5.56 Å². The van der Waals surface area contributed by atoms with Crippen LogP contribution >= 0.6 is 0 Å². The standard InChI is InChI=1S/C14H20O4/c1-9-5-6-11(10(2)15)12(7-9)18-8-14(3,4)13(16)17/h5-7,10,15H,8H2,1-4H3,(H,16,17)/t10-/m1/s1. The molecule has 0 fully saturated rings. The largest absolute Gasteiger partial charge is 0.492 e. The third kappa shape index (κ3) is 3.47. The van der Waals surface area contributed by atoms with Gasteiger partial charge in [-0.05, 0) is 39.3 Å². The lowest BCUT2D eigenvalue weighted by molar-refractivity contribution is -0.148. The first-order chi connectivity index (χ1) is 8.24. The van der Waals surface area contributed by atoms with E-state index in [0.29, 0.717) is 11.3 Å². The molecule has 0 amide bonds. The van der Waals surface area contributed by atoms with Crippen molar-refractivity contribution in [2.45, 2.75) is 33.8 Å². The van der Waals surface area contributed by atoms with E-state index in [4.69, 9.17) is 9.84 Å². The molecule has 0 aliphatic carbocycles. The van der Waals surface area contributed by atoms with Crippen molar-refractivity contribution >= 4 is 5.97 Å². The van der Waals surface area contributed by atoms with E-state index < -0.39 is 17.5 Å². The topological polar surface area (TPSA) is 66.8 Å². The molecule has 2 N–H and O–H groups in total. The molecule has 100 valence electrons. The van der Waals surface area contributed by atoms with Gasteiger partial charge in [-0.2, -0.15) is 0 Å². The van der Waals surface area contributed by atoms with Crippen molar-refractivity contribution in [1.82, 2.24) is 0 Å². The third-order valence-corrected chi connectivity index (χ3v) is 2.79. The lowest BCUT2D eigenvalue weighted by atomic mass is 9.95. The fourth-order valence-corrected chi connectivity index (χ4v) is 1.43. The van der Waals surface area contributed by atoms with Crippen LogP contribution in [0.25, 0.3) is 0 Å². The molecule has 1 rings (SSSR count). The number of hydrogen-bond acceptors (Lipinski definition) is 3. The second kappa shape index (κ2) is 5.40. The highest BCUT2D eigenvalue weighted by Crippen LogP contribution is 2.28. The minimum absolute atomic E-state index is 0.0610. The van der Waals surface area contributed by atoms with Gasteiger partial charge in [0.15, 0.2) is 0 Å². The Morgan fingerprint density at radius 2 is 2.06 bits per heavy atom. The molecule has 0 heterocycles. The van der Waals surface area contributed by atoms with E-state index in [2.05, 4.69) is 0 Å². The van der Waals surface area contributed by atoms with E-state index >= 15 is 0 Å². The minimum Gasteiger partial charge on any atom is -0.492 e. The lowest BCUT2D eigenvalue weighted by Crippen LogP contribution is -2.30. The Kier molecular flexibility index (Phi) is 4.35. The average Bonchev–Trinajstić information content (AvgIpc) is 2.26. The van der Waals surface area contributed by atoms with Crippen molar-refractivity contribution in [3.05, 3.63) is 29.3 Å². The summed E-state index contributed by atoms with van der Waals surface area (Å²) in [6, 6.07) is 5.49. The Bertz CT molecular complexity index is 435. The van der Waals surface area contributed by atoms with Gasteiger partial charge in [-0.1, -0.05) is 12.1 Å². The normalized spacial score (nSPS) is 13.2. The molecule has 4 heteroatoms. The van der Waals surface area contributed by atoms with Crippen molar-refractivity contribution in [3.63, 3.8) is 0 Å². The van der Waals surface area contributed by atoms with Crippen LogP contribution in [0, 0.1) is 12.3 Å². The molecule has 0 aliphatic rings. The van der Waals surface area contributed by atoms with Crippen molar-refractivity contribution in [3.8, 4) is 5.75 Å². The summed E-state index contributed by atoms with van der Waals surface area (Å²) >= 11 is 0. The molecule has 1 aromatic carbocycles. The fraction of sp³-hybridized carbons (Fsp3) is 0.500. The van der Waals surface area contributed by atoms with Crippen LogP contribution in [0.4, 0.5) is 0 Å². The minimum atomic E-state index is -0.959. The summed E-state index contributed by atoms with van der Waals surface area (Å²) < 4.78 is 5.56.